The van der Waals surface area contributed by atoms with Crippen LogP contribution < -0.4 is 0 Å². The summed E-state index contributed by atoms with van der Waals surface area (Å²) in [7, 11) is 0. The second-order valence-corrected chi connectivity index (χ2v) is 4.74. The second kappa shape index (κ2) is 7.07. The first-order valence-electron chi connectivity index (χ1n) is 6.84. The van der Waals surface area contributed by atoms with Gasteiger partial charge in [0, 0.05) is 19.3 Å². The molecule has 0 fully saturated rings. The molecular formula is C15H14F3N5O. The summed E-state index contributed by atoms with van der Waals surface area (Å²) in [4.78, 5) is 17.4. The van der Waals surface area contributed by atoms with E-state index in [-0.39, 0.29) is 11.5 Å². The molecule has 6 nitrogen and oxygen atoms in total. The van der Waals surface area contributed by atoms with Gasteiger partial charge in [0.15, 0.2) is 11.5 Å². The van der Waals surface area contributed by atoms with Crippen LogP contribution in [0.2, 0.25) is 0 Å². The Labute approximate surface area is 135 Å². The van der Waals surface area contributed by atoms with Crippen LogP contribution in [0.15, 0.2) is 49.8 Å². The van der Waals surface area contributed by atoms with Gasteiger partial charge in [-0.25, -0.2) is 9.67 Å². The summed E-state index contributed by atoms with van der Waals surface area (Å²) in [6.45, 7) is 7.74. The lowest BCUT2D eigenvalue weighted by Gasteiger charge is -2.17. The average molecular weight is 337 g/mol. The lowest BCUT2D eigenvalue weighted by Crippen LogP contribution is -2.31. The van der Waals surface area contributed by atoms with Gasteiger partial charge in [-0.1, -0.05) is 17.4 Å². The lowest BCUT2D eigenvalue weighted by atomic mass is 10.3. The summed E-state index contributed by atoms with van der Waals surface area (Å²) >= 11 is 0. The number of hydrogen-bond donors (Lipinski definition) is 0. The minimum absolute atomic E-state index is 0.0420. The number of aromatic nitrogens is 4. The summed E-state index contributed by atoms with van der Waals surface area (Å²) in [6, 6.07) is 2.03. The molecule has 1 amide bonds. The number of rotatable bonds is 6. The number of pyridine rings is 1. The molecule has 0 spiro atoms. The van der Waals surface area contributed by atoms with Crippen molar-refractivity contribution in [3.05, 3.63) is 61.1 Å². The van der Waals surface area contributed by atoms with E-state index in [1.54, 1.807) is 12.2 Å². The second-order valence-electron chi connectivity index (χ2n) is 4.74. The van der Waals surface area contributed by atoms with Gasteiger partial charge in [0.25, 0.3) is 5.91 Å². The minimum atomic E-state index is -4.47. The molecule has 126 valence electrons. The SMILES string of the molecule is C=CCN(CC=C)C(=O)c1cn(-c2ccc(C(F)(F)F)cn2)nn1. The Kier molecular flexibility index (Phi) is 5.12. The van der Waals surface area contributed by atoms with Crippen LogP contribution in [0.4, 0.5) is 13.2 Å². The van der Waals surface area contributed by atoms with E-state index in [1.807, 2.05) is 0 Å². The fourth-order valence-electron chi connectivity index (χ4n) is 1.88. The van der Waals surface area contributed by atoms with Gasteiger partial charge < -0.3 is 4.90 Å². The third-order valence-electron chi connectivity index (χ3n) is 3.01. The molecule has 2 heterocycles. The number of hydrogen-bond acceptors (Lipinski definition) is 4. The average Bonchev–Trinajstić information content (AvgIpc) is 3.03. The zero-order valence-corrected chi connectivity index (χ0v) is 12.6. The molecule has 0 aliphatic heterocycles. The maximum Gasteiger partial charge on any atom is 0.417 e. The van der Waals surface area contributed by atoms with Crippen molar-refractivity contribution in [1.82, 2.24) is 24.9 Å². The molecule has 0 unspecified atom stereocenters. The molecule has 9 heteroatoms. The predicted octanol–water partition coefficient (Wildman–Crippen LogP) is 2.50. The van der Waals surface area contributed by atoms with Crippen LogP contribution in [0.5, 0.6) is 0 Å². The molecule has 0 saturated heterocycles. The third-order valence-corrected chi connectivity index (χ3v) is 3.01. The molecule has 0 aliphatic rings. The molecule has 0 bridgehead atoms. The fraction of sp³-hybridized carbons (Fsp3) is 0.200. The van der Waals surface area contributed by atoms with E-state index < -0.39 is 17.6 Å². The molecule has 2 aromatic heterocycles. The molecule has 0 N–H and O–H groups in total. The van der Waals surface area contributed by atoms with Gasteiger partial charge in [-0.15, -0.1) is 18.3 Å². The summed E-state index contributed by atoms with van der Waals surface area (Å²) in [6.07, 6.45) is 0.648. The van der Waals surface area contributed by atoms with Crippen LogP contribution in [0.1, 0.15) is 16.1 Å². The van der Waals surface area contributed by atoms with Crippen LogP contribution in [0, 0.1) is 0 Å². The van der Waals surface area contributed by atoms with Crippen LogP contribution in [-0.4, -0.2) is 43.9 Å². The highest BCUT2D eigenvalue weighted by atomic mass is 19.4. The Balaban J connectivity index is 2.22. The topological polar surface area (TPSA) is 63.9 Å². The number of amides is 1. The van der Waals surface area contributed by atoms with E-state index in [4.69, 9.17) is 0 Å². The highest BCUT2D eigenvalue weighted by molar-refractivity contribution is 5.92. The summed E-state index contributed by atoms with van der Waals surface area (Å²) in [5.74, 6) is -0.276. The van der Waals surface area contributed by atoms with E-state index in [0.717, 1.165) is 16.8 Å². The quantitative estimate of drug-likeness (QED) is 0.760. The van der Waals surface area contributed by atoms with Gasteiger partial charge in [-0.05, 0) is 12.1 Å². The first-order valence-corrected chi connectivity index (χ1v) is 6.84. The fourth-order valence-corrected chi connectivity index (χ4v) is 1.88. The van der Waals surface area contributed by atoms with Gasteiger partial charge in [-0.2, -0.15) is 13.2 Å². The molecule has 24 heavy (non-hydrogen) atoms. The van der Waals surface area contributed by atoms with Crippen LogP contribution in [0.25, 0.3) is 5.82 Å². The van der Waals surface area contributed by atoms with E-state index in [2.05, 4.69) is 28.5 Å². The highest BCUT2D eigenvalue weighted by Crippen LogP contribution is 2.28. The van der Waals surface area contributed by atoms with Gasteiger partial charge in [0.2, 0.25) is 0 Å². The standard InChI is InChI=1S/C15H14F3N5O/c1-3-7-22(8-4-2)14(24)12-10-23(21-20-12)13-6-5-11(9-19-13)15(16,17)18/h3-6,9-10H,1-2,7-8H2. The zero-order valence-electron chi connectivity index (χ0n) is 12.6. The van der Waals surface area contributed by atoms with Crippen LogP contribution in [-0.2, 0) is 6.18 Å². The van der Waals surface area contributed by atoms with E-state index >= 15 is 0 Å². The van der Waals surface area contributed by atoms with E-state index in [9.17, 15) is 18.0 Å². The van der Waals surface area contributed by atoms with Crippen molar-refractivity contribution >= 4 is 5.91 Å². The van der Waals surface area contributed by atoms with Gasteiger partial charge >= 0.3 is 6.18 Å². The number of carbonyl (C=O) groups excluding carboxylic acids is 1. The third kappa shape index (κ3) is 3.86. The lowest BCUT2D eigenvalue weighted by molar-refractivity contribution is -0.137. The molecule has 0 aliphatic carbocycles. The van der Waals surface area contributed by atoms with Gasteiger partial charge in [0.1, 0.15) is 0 Å². The number of carbonyl (C=O) groups is 1. The Morgan fingerprint density at radius 1 is 1.25 bits per heavy atom. The van der Waals surface area contributed by atoms with Gasteiger partial charge in [-0.3, -0.25) is 4.79 Å². The molecule has 0 atom stereocenters. The molecule has 0 aromatic carbocycles. The van der Waals surface area contributed by atoms with Gasteiger partial charge in [0.05, 0.1) is 11.8 Å². The highest BCUT2D eigenvalue weighted by Gasteiger charge is 2.30. The minimum Gasteiger partial charge on any atom is -0.330 e. The number of nitrogens with zero attached hydrogens (tertiary/aromatic N) is 5. The molecule has 2 aromatic rings. The maximum atomic E-state index is 12.5. The Hall–Kier alpha value is -2.97. The predicted molar refractivity (Wildman–Crippen MR) is 80.5 cm³/mol. The summed E-state index contributed by atoms with van der Waals surface area (Å²) in [5, 5.41) is 7.47. The van der Waals surface area contributed by atoms with Crippen molar-refractivity contribution in [3.8, 4) is 5.82 Å². The Bertz CT molecular complexity index is 726. The van der Waals surface area contributed by atoms with Crippen molar-refractivity contribution in [2.75, 3.05) is 13.1 Å². The molecule has 2 rings (SSSR count). The number of halogens is 3. The molecule has 0 saturated carbocycles. The Morgan fingerprint density at radius 3 is 2.42 bits per heavy atom. The van der Waals surface area contributed by atoms with Crippen LogP contribution >= 0.6 is 0 Å². The maximum absolute atomic E-state index is 12.5. The first kappa shape index (κ1) is 17.4. The largest absolute Gasteiger partial charge is 0.417 e. The van der Waals surface area contributed by atoms with E-state index in [1.165, 1.54) is 11.1 Å². The van der Waals surface area contributed by atoms with Crippen molar-refractivity contribution in [2.45, 2.75) is 6.18 Å². The summed E-state index contributed by atoms with van der Waals surface area (Å²) in [5.41, 5.74) is -0.828. The summed E-state index contributed by atoms with van der Waals surface area (Å²) < 4.78 is 38.7. The molecular weight excluding hydrogens is 323 g/mol. The monoisotopic (exact) mass is 337 g/mol. The van der Waals surface area contributed by atoms with Crippen molar-refractivity contribution < 1.29 is 18.0 Å². The van der Waals surface area contributed by atoms with E-state index in [0.29, 0.717) is 19.3 Å². The smallest absolute Gasteiger partial charge is 0.330 e. The first-order chi connectivity index (χ1) is 11.4. The number of alkyl halides is 3. The normalized spacial score (nSPS) is 11.1. The van der Waals surface area contributed by atoms with Crippen molar-refractivity contribution in [1.29, 1.82) is 0 Å². The van der Waals surface area contributed by atoms with Crippen molar-refractivity contribution in [2.24, 2.45) is 0 Å². The molecule has 0 radical (unpaired) electrons. The van der Waals surface area contributed by atoms with Crippen molar-refractivity contribution in [3.63, 3.8) is 0 Å². The van der Waals surface area contributed by atoms with Crippen LogP contribution in [0.3, 0.4) is 0 Å². The zero-order chi connectivity index (χ0) is 17.7. The Morgan fingerprint density at radius 2 is 1.92 bits per heavy atom.